The van der Waals surface area contributed by atoms with Crippen molar-refractivity contribution in [1.82, 2.24) is 10.2 Å². The zero-order valence-electron chi connectivity index (χ0n) is 15.5. The van der Waals surface area contributed by atoms with E-state index < -0.39 is 5.60 Å². The van der Waals surface area contributed by atoms with Crippen LogP contribution in [0.15, 0.2) is 0 Å². The number of thioether (sulfide) groups is 1. The fourth-order valence-electron chi connectivity index (χ4n) is 3.54. The van der Waals surface area contributed by atoms with Crippen molar-refractivity contribution in [1.29, 1.82) is 0 Å². The van der Waals surface area contributed by atoms with Gasteiger partial charge in [0.15, 0.2) is 0 Å². The van der Waals surface area contributed by atoms with Gasteiger partial charge in [0.05, 0.1) is 0 Å². The third-order valence-corrected chi connectivity index (χ3v) is 6.15. The van der Waals surface area contributed by atoms with Crippen LogP contribution in [-0.2, 0) is 4.74 Å². The van der Waals surface area contributed by atoms with Gasteiger partial charge in [-0.3, -0.25) is 0 Å². The molecule has 0 aromatic heterocycles. The summed E-state index contributed by atoms with van der Waals surface area (Å²) in [5.41, 5.74) is 0.0316. The number of amides is 1. The van der Waals surface area contributed by atoms with Crippen LogP contribution in [-0.4, -0.2) is 53.3 Å². The van der Waals surface area contributed by atoms with E-state index in [0.29, 0.717) is 17.5 Å². The Morgan fingerprint density at radius 3 is 2.78 bits per heavy atom. The molecule has 2 saturated heterocycles. The fraction of sp³-hybridized carbons (Fsp3) is 0.944. The first-order valence-electron chi connectivity index (χ1n) is 8.97. The molecule has 2 fully saturated rings. The van der Waals surface area contributed by atoms with Gasteiger partial charge >= 0.3 is 6.09 Å². The molecule has 2 atom stereocenters. The fourth-order valence-corrected chi connectivity index (χ4v) is 4.85. The largest absolute Gasteiger partial charge is 0.444 e. The van der Waals surface area contributed by atoms with E-state index in [1.807, 2.05) is 25.7 Å². The maximum atomic E-state index is 12.3. The Morgan fingerprint density at radius 2 is 2.13 bits per heavy atom. The highest BCUT2D eigenvalue weighted by Crippen LogP contribution is 2.33. The number of carbonyl (C=O) groups is 1. The molecule has 0 saturated carbocycles. The number of hydrogen-bond donors (Lipinski definition) is 1. The molecule has 0 aromatic carbocycles. The minimum Gasteiger partial charge on any atom is -0.444 e. The van der Waals surface area contributed by atoms with Gasteiger partial charge in [-0.15, -0.1) is 0 Å². The first kappa shape index (κ1) is 18.9. The summed E-state index contributed by atoms with van der Waals surface area (Å²) >= 11 is 2.06. The second-order valence-corrected chi connectivity index (χ2v) is 9.82. The molecule has 23 heavy (non-hydrogen) atoms. The third kappa shape index (κ3) is 6.18. The highest BCUT2D eigenvalue weighted by Gasteiger charge is 2.32. The lowest BCUT2D eigenvalue weighted by Crippen LogP contribution is -2.44. The Hall–Kier alpha value is -0.420. The lowest BCUT2D eigenvalue weighted by Gasteiger charge is -2.35. The Balaban J connectivity index is 1.75. The van der Waals surface area contributed by atoms with Crippen molar-refractivity contribution in [2.45, 2.75) is 78.0 Å². The molecule has 2 aliphatic rings. The highest BCUT2D eigenvalue weighted by molar-refractivity contribution is 7.99. The molecule has 0 aromatic rings. The summed E-state index contributed by atoms with van der Waals surface area (Å²) in [7, 11) is 0. The van der Waals surface area contributed by atoms with E-state index in [4.69, 9.17) is 4.74 Å². The van der Waals surface area contributed by atoms with Crippen LogP contribution in [0.3, 0.4) is 0 Å². The number of ether oxygens (including phenoxy) is 1. The van der Waals surface area contributed by atoms with E-state index >= 15 is 0 Å². The van der Waals surface area contributed by atoms with E-state index in [-0.39, 0.29) is 6.09 Å². The van der Waals surface area contributed by atoms with Gasteiger partial charge in [0.2, 0.25) is 0 Å². The quantitative estimate of drug-likeness (QED) is 0.841. The molecule has 134 valence electrons. The van der Waals surface area contributed by atoms with Gasteiger partial charge < -0.3 is 15.0 Å². The molecule has 0 radical (unpaired) electrons. The topological polar surface area (TPSA) is 41.6 Å². The first-order valence-corrected chi connectivity index (χ1v) is 10.1. The number of hydrogen-bond acceptors (Lipinski definition) is 4. The third-order valence-electron chi connectivity index (χ3n) is 4.53. The van der Waals surface area contributed by atoms with Crippen LogP contribution in [0.25, 0.3) is 0 Å². The molecule has 0 bridgehead atoms. The molecular weight excluding hydrogens is 308 g/mol. The molecule has 1 N–H and O–H groups in total. The zero-order chi connectivity index (χ0) is 17.1. The van der Waals surface area contributed by atoms with Crippen molar-refractivity contribution in [3.63, 3.8) is 0 Å². The van der Waals surface area contributed by atoms with Gasteiger partial charge in [0.1, 0.15) is 5.60 Å². The highest BCUT2D eigenvalue weighted by atomic mass is 32.2. The first-order chi connectivity index (χ1) is 10.7. The van der Waals surface area contributed by atoms with Gasteiger partial charge in [0, 0.05) is 24.4 Å². The molecule has 2 heterocycles. The molecule has 0 aliphatic carbocycles. The van der Waals surface area contributed by atoms with Crippen LogP contribution < -0.4 is 5.32 Å². The molecule has 0 spiro atoms. The summed E-state index contributed by atoms with van der Waals surface area (Å²) in [5.74, 6) is 2.48. The van der Waals surface area contributed by atoms with E-state index in [0.717, 1.165) is 32.4 Å². The summed E-state index contributed by atoms with van der Waals surface area (Å²) in [6, 6.07) is 0.946. The van der Waals surface area contributed by atoms with Gasteiger partial charge in [-0.2, -0.15) is 11.8 Å². The number of likely N-dealkylation sites (tertiary alicyclic amines) is 1. The monoisotopic (exact) mass is 342 g/mol. The summed E-state index contributed by atoms with van der Waals surface area (Å²) in [6.45, 7) is 12.3. The lowest BCUT2D eigenvalue weighted by atomic mass is 9.88. The van der Waals surface area contributed by atoms with Crippen LogP contribution >= 0.6 is 11.8 Å². The van der Waals surface area contributed by atoms with Crippen molar-refractivity contribution in [3.05, 3.63) is 0 Å². The van der Waals surface area contributed by atoms with Crippen LogP contribution in [0.5, 0.6) is 0 Å². The van der Waals surface area contributed by atoms with Gasteiger partial charge in [-0.1, -0.05) is 13.8 Å². The lowest BCUT2D eigenvalue weighted by molar-refractivity contribution is 0.0220. The maximum Gasteiger partial charge on any atom is 0.410 e. The average Bonchev–Trinajstić information content (AvgIpc) is 2.84. The number of nitrogens with one attached hydrogen (secondary N) is 1. The van der Waals surface area contributed by atoms with Crippen molar-refractivity contribution in [2.24, 2.45) is 5.41 Å². The predicted molar refractivity (Wildman–Crippen MR) is 98.1 cm³/mol. The summed E-state index contributed by atoms with van der Waals surface area (Å²) in [6.07, 6.45) is 4.33. The minimum absolute atomic E-state index is 0.144. The van der Waals surface area contributed by atoms with Gasteiger partial charge in [0.25, 0.3) is 0 Å². The van der Waals surface area contributed by atoms with E-state index in [9.17, 15) is 4.79 Å². The van der Waals surface area contributed by atoms with Crippen LogP contribution in [0.4, 0.5) is 4.79 Å². The van der Waals surface area contributed by atoms with Crippen LogP contribution in [0.1, 0.15) is 60.3 Å². The SMILES string of the molecule is CC1(C)CSCC(NCCC2CCCN2C(=O)OC(C)(C)C)C1. The maximum absolute atomic E-state index is 12.3. The summed E-state index contributed by atoms with van der Waals surface area (Å²) < 4.78 is 5.54. The Morgan fingerprint density at radius 1 is 1.39 bits per heavy atom. The molecule has 2 aliphatic heterocycles. The predicted octanol–water partition coefficient (Wildman–Crippen LogP) is 3.90. The van der Waals surface area contributed by atoms with Crippen molar-refractivity contribution < 1.29 is 9.53 Å². The summed E-state index contributed by atoms with van der Waals surface area (Å²) in [4.78, 5) is 14.2. The minimum atomic E-state index is -0.409. The van der Waals surface area contributed by atoms with Crippen molar-refractivity contribution >= 4 is 17.9 Å². The molecular formula is C18H34N2O2S. The Bertz CT molecular complexity index is 406. The van der Waals surface area contributed by atoms with E-state index in [1.54, 1.807) is 0 Å². The second-order valence-electron chi connectivity index (χ2n) is 8.79. The number of carbonyl (C=O) groups excluding carboxylic acids is 1. The average molecular weight is 343 g/mol. The zero-order valence-corrected chi connectivity index (χ0v) is 16.3. The normalized spacial score (nSPS) is 28.0. The van der Waals surface area contributed by atoms with Crippen LogP contribution in [0.2, 0.25) is 0 Å². The van der Waals surface area contributed by atoms with Crippen molar-refractivity contribution in [2.75, 3.05) is 24.6 Å². The van der Waals surface area contributed by atoms with Gasteiger partial charge in [-0.25, -0.2) is 4.79 Å². The Labute approximate surface area is 146 Å². The molecule has 2 unspecified atom stereocenters. The standard InChI is InChI=1S/C18H34N2O2S/c1-17(2,3)22-16(21)20-10-6-7-15(20)8-9-19-14-11-18(4,5)13-23-12-14/h14-15,19H,6-13H2,1-5H3. The van der Waals surface area contributed by atoms with Crippen molar-refractivity contribution in [3.8, 4) is 0 Å². The van der Waals surface area contributed by atoms with E-state index in [1.165, 1.54) is 17.9 Å². The Kier molecular flexibility index (Phi) is 6.28. The van der Waals surface area contributed by atoms with Gasteiger partial charge in [-0.05, 0) is 64.2 Å². The molecule has 4 nitrogen and oxygen atoms in total. The number of nitrogens with zero attached hydrogens (tertiary/aromatic N) is 1. The van der Waals surface area contributed by atoms with Crippen LogP contribution in [0, 0.1) is 5.41 Å². The smallest absolute Gasteiger partial charge is 0.410 e. The second kappa shape index (κ2) is 7.64. The molecule has 1 amide bonds. The van der Waals surface area contributed by atoms with E-state index in [2.05, 4.69) is 30.9 Å². The molecule has 2 rings (SSSR count). The summed E-state index contributed by atoms with van der Waals surface area (Å²) in [5, 5.41) is 3.71. The molecule has 5 heteroatoms. The number of rotatable bonds is 4.